The minimum atomic E-state index is -0.207. The van der Waals surface area contributed by atoms with Crippen molar-refractivity contribution >= 4 is 0 Å². The first-order valence-corrected chi connectivity index (χ1v) is 4.18. The van der Waals surface area contributed by atoms with E-state index in [0.717, 1.165) is 11.0 Å². The van der Waals surface area contributed by atoms with E-state index in [0.29, 0.717) is 12.4 Å². The molecule has 5 heteroatoms. The number of ether oxygens (including phenoxy) is 1. The van der Waals surface area contributed by atoms with Crippen LogP contribution in [0.25, 0.3) is 0 Å². The second-order valence-electron chi connectivity index (χ2n) is 3.97. The third-order valence-electron chi connectivity index (χ3n) is 1.63. The molecule has 13 heavy (non-hydrogen) atoms. The van der Waals surface area contributed by atoms with Gasteiger partial charge in [-0.3, -0.25) is 9.89 Å². The normalized spacial score (nSPS) is 11.6. The zero-order chi connectivity index (χ0) is 9.90. The van der Waals surface area contributed by atoms with Crippen molar-refractivity contribution in [3.63, 3.8) is 0 Å². The summed E-state index contributed by atoms with van der Waals surface area (Å²) in [5.41, 5.74) is -0.207. The largest absolute Gasteiger partial charge is 0.481 e. The third-order valence-corrected chi connectivity index (χ3v) is 1.63. The van der Waals surface area contributed by atoms with Gasteiger partial charge in [0.05, 0.1) is 27.3 Å². The molecule has 74 valence electrons. The molecule has 0 amide bonds. The van der Waals surface area contributed by atoms with E-state index in [-0.39, 0.29) is 5.56 Å². The van der Waals surface area contributed by atoms with E-state index < -0.39 is 0 Å². The fourth-order valence-electron chi connectivity index (χ4n) is 0.831. The Kier molecular flexibility index (Phi) is 2.77. The van der Waals surface area contributed by atoms with E-state index in [1.54, 1.807) is 0 Å². The number of aromatic amines is 2. The topological polar surface area (TPSA) is 57.9 Å². The Morgan fingerprint density at radius 1 is 1.46 bits per heavy atom. The van der Waals surface area contributed by atoms with Gasteiger partial charge in [-0.2, -0.15) is 0 Å². The molecule has 0 unspecified atom stereocenters. The molecule has 0 saturated heterocycles. The molecule has 0 atom stereocenters. The highest BCUT2D eigenvalue weighted by molar-refractivity contribution is 5.10. The Morgan fingerprint density at radius 3 is 2.62 bits per heavy atom. The zero-order valence-corrected chi connectivity index (χ0v) is 8.26. The first kappa shape index (κ1) is 9.85. The van der Waals surface area contributed by atoms with Gasteiger partial charge in [0.15, 0.2) is 0 Å². The number of likely N-dealkylation sites (N-methyl/N-ethyl adjacent to an activating group) is 1. The number of hydrogen-bond acceptors (Lipinski definition) is 2. The van der Waals surface area contributed by atoms with Crippen LogP contribution < -0.4 is 10.3 Å². The molecule has 0 aliphatic rings. The summed E-state index contributed by atoms with van der Waals surface area (Å²) >= 11 is 0. The van der Waals surface area contributed by atoms with Crippen molar-refractivity contribution in [2.75, 3.05) is 34.3 Å². The lowest BCUT2D eigenvalue weighted by Crippen LogP contribution is -2.38. The smallest absolute Gasteiger partial charge is 0.306 e. The molecule has 0 spiro atoms. The number of hydrogen-bond donors (Lipinski definition) is 2. The average molecular weight is 186 g/mol. The molecule has 1 rings (SSSR count). The van der Waals surface area contributed by atoms with Crippen LogP contribution in [0.3, 0.4) is 0 Å². The molecule has 0 bridgehead atoms. The summed E-state index contributed by atoms with van der Waals surface area (Å²) in [4.78, 5) is 11.0. The lowest BCUT2D eigenvalue weighted by atomic mass is 10.5. The van der Waals surface area contributed by atoms with E-state index >= 15 is 0 Å². The first-order valence-electron chi connectivity index (χ1n) is 4.18. The molecule has 0 aliphatic heterocycles. The molecule has 0 aromatic carbocycles. The minimum absolute atomic E-state index is 0.207. The third kappa shape index (κ3) is 3.33. The van der Waals surface area contributed by atoms with E-state index in [2.05, 4.69) is 31.3 Å². The molecular formula is C8H16N3O2+. The lowest BCUT2D eigenvalue weighted by molar-refractivity contribution is -0.870. The summed E-state index contributed by atoms with van der Waals surface area (Å²) in [5.74, 6) is 0.355. The predicted molar refractivity (Wildman–Crippen MR) is 49.8 cm³/mol. The van der Waals surface area contributed by atoms with Gasteiger partial charge in [0.2, 0.25) is 5.75 Å². The Morgan fingerprint density at radius 2 is 2.15 bits per heavy atom. The number of nitrogens with zero attached hydrogens (tertiary/aromatic N) is 1. The molecule has 0 fully saturated rings. The van der Waals surface area contributed by atoms with Crippen molar-refractivity contribution in [2.24, 2.45) is 0 Å². The maximum Gasteiger partial charge on any atom is 0.306 e. The Bertz CT molecular complexity index is 308. The van der Waals surface area contributed by atoms with Crippen LogP contribution >= 0.6 is 0 Å². The van der Waals surface area contributed by atoms with Crippen LogP contribution in [-0.2, 0) is 0 Å². The summed E-state index contributed by atoms with van der Waals surface area (Å²) < 4.78 is 6.08. The molecule has 0 aliphatic carbocycles. The molecular weight excluding hydrogens is 170 g/mol. The van der Waals surface area contributed by atoms with Gasteiger partial charge in [-0.25, -0.2) is 0 Å². The first-order chi connectivity index (χ1) is 5.99. The summed E-state index contributed by atoms with van der Waals surface area (Å²) in [7, 11) is 6.22. The van der Waals surface area contributed by atoms with Gasteiger partial charge in [-0.15, -0.1) is 0 Å². The molecule has 1 heterocycles. The Labute approximate surface area is 76.9 Å². The molecule has 0 saturated carbocycles. The van der Waals surface area contributed by atoms with Gasteiger partial charge in [0.25, 0.3) is 0 Å². The van der Waals surface area contributed by atoms with Crippen LogP contribution in [0.15, 0.2) is 11.0 Å². The molecule has 1 aromatic heterocycles. The van der Waals surface area contributed by atoms with Crippen LogP contribution in [0.1, 0.15) is 0 Å². The highest BCUT2D eigenvalue weighted by Gasteiger charge is 2.07. The van der Waals surface area contributed by atoms with Crippen LogP contribution in [-0.4, -0.2) is 49.0 Å². The van der Waals surface area contributed by atoms with Crippen molar-refractivity contribution in [3.8, 4) is 5.75 Å². The van der Waals surface area contributed by atoms with Crippen molar-refractivity contribution in [1.82, 2.24) is 10.2 Å². The number of nitrogens with one attached hydrogen (secondary N) is 2. The fraction of sp³-hybridized carbons (Fsp3) is 0.625. The zero-order valence-electron chi connectivity index (χ0n) is 8.26. The van der Waals surface area contributed by atoms with Crippen LogP contribution in [0.2, 0.25) is 0 Å². The van der Waals surface area contributed by atoms with Crippen molar-refractivity contribution in [1.29, 1.82) is 0 Å². The van der Waals surface area contributed by atoms with Crippen molar-refractivity contribution < 1.29 is 9.22 Å². The van der Waals surface area contributed by atoms with Gasteiger partial charge in [-0.05, 0) is 0 Å². The summed E-state index contributed by atoms with van der Waals surface area (Å²) in [5, 5.41) is 4.98. The van der Waals surface area contributed by atoms with Gasteiger partial charge >= 0.3 is 5.56 Å². The Balaban J connectivity index is 2.37. The van der Waals surface area contributed by atoms with Gasteiger partial charge < -0.3 is 14.3 Å². The number of rotatable bonds is 4. The predicted octanol–water partition coefficient (Wildman–Crippen LogP) is -0.212. The second kappa shape index (κ2) is 3.66. The summed E-state index contributed by atoms with van der Waals surface area (Å²) in [6.07, 6.45) is 1.53. The van der Waals surface area contributed by atoms with E-state index in [9.17, 15) is 4.79 Å². The molecule has 1 aromatic rings. The SMILES string of the molecule is C[N+](C)(C)CCOc1c[nH][nH]c1=O. The molecule has 2 N–H and O–H groups in total. The standard InChI is InChI=1S/C8H15N3O2/c1-11(2,3)4-5-13-7-6-9-10-8(7)12/h6H,4-5H2,1-3H3,(H-,9,10,12)/p+1. The van der Waals surface area contributed by atoms with Gasteiger partial charge in [0.1, 0.15) is 13.2 Å². The average Bonchev–Trinajstić information content (AvgIpc) is 2.34. The van der Waals surface area contributed by atoms with Crippen molar-refractivity contribution in [2.45, 2.75) is 0 Å². The Hall–Kier alpha value is -1.23. The molecule has 5 nitrogen and oxygen atoms in total. The highest BCUT2D eigenvalue weighted by Crippen LogP contribution is 1.98. The maximum atomic E-state index is 11.0. The van der Waals surface area contributed by atoms with Gasteiger partial charge in [-0.1, -0.05) is 0 Å². The fourth-order valence-corrected chi connectivity index (χ4v) is 0.831. The van der Waals surface area contributed by atoms with Crippen molar-refractivity contribution in [3.05, 3.63) is 16.6 Å². The van der Waals surface area contributed by atoms with E-state index in [4.69, 9.17) is 4.74 Å². The number of aromatic nitrogens is 2. The second-order valence-corrected chi connectivity index (χ2v) is 3.97. The van der Waals surface area contributed by atoms with Crippen LogP contribution in [0.5, 0.6) is 5.75 Å². The number of quaternary nitrogens is 1. The number of H-pyrrole nitrogens is 2. The monoisotopic (exact) mass is 186 g/mol. The van der Waals surface area contributed by atoms with E-state index in [1.807, 2.05) is 0 Å². The quantitative estimate of drug-likeness (QED) is 0.639. The lowest BCUT2D eigenvalue weighted by Gasteiger charge is -2.23. The van der Waals surface area contributed by atoms with Gasteiger partial charge in [0, 0.05) is 0 Å². The van der Waals surface area contributed by atoms with E-state index in [1.165, 1.54) is 6.20 Å². The highest BCUT2D eigenvalue weighted by atomic mass is 16.5. The summed E-state index contributed by atoms with van der Waals surface area (Å²) in [6, 6.07) is 0. The molecule has 0 radical (unpaired) electrons. The van der Waals surface area contributed by atoms with Crippen LogP contribution in [0, 0.1) is 0 Å². The summed E-state index contributed by atoms with van der Waals surface area (Å²) in [6.45, 7) is 1.41. The maximum absolute atomic E-state index is 11.0. The van der Waals surface area contributed by atoms with Crippen LogP contribution in [0.4, 0.5) is 0 Å². The minimum Gasteiger partial charge on any atom is -0.481 e.